The Hall–Kier alpha value is -5.66. The molecule has 0 bridgehead atoms. The molecule has 1 N–H and O–H groups in total. The molecule has 0 spiro atoms. The number of fused-ring (bicyclic) bond motifs is 3. The van der Waals surface area contributed by atoms with Gasteiger partial charge in [0.25, 0.3) is 0 Å². The molecule has 0 saturated carbocycles. The van der Waals surface area contributed by atoms with E-state index < -0.39 is 0 Å². The Bertz CT molecular complexity index is 2000. The van der Waals surface area contributed by atoms with Crippen LogP contribution in [0.3, 0.4) is 0 Å². The van der Waals surface area contributed by atoms with Crippen molar-refractivity contribution in [3.8, 4) is 44.5 Å². The minimum absolute atomic E-state index is 1.21. The zero-order valence-corrected chi connectivity index (χ0v) is 23.8. The largest absolute Gasteiger partial charge is 0.355 e. The first kappa shape index (κ1) is 26.3. The molecule has 1 heteroatoms. The van der Waals surface area contributed by atoms with Crippen molar-refractivity contribution in [1.29, 1.82) is 0 Å². The minimum atomic E-state index is 1.21. The summed E-state index contributed by atoms with van der Waals surface area (Å²) in [5.74, 6) is 0. The second-order valence-corrected chi connectivity index (χ2v) is 10.6. The van der Waals surface area contributed by atoms with Crippen LogP contribution in [-0.4, -0.2) is 4.98 Å². The first-order valence-corrected chi connectivity index (χ1v) is 14.7. The van der Waals surface area contributed by atoms with Crippen LogP contribution in [0.2, 0.25) is 0 Å². The Kier molecular flexibility index (Phi) is 7.36. The van der Waals surface area contributed by atoms with E-state index in [-0.39, 0.29) is 0 Å². The van der Waals surface area contributed by atoms with Gasteiger partial charge in [-0.25, -0.2) is 0 Å². The quantitative estimate of drug-likeness (QED) is 0.225. The van der Waals surface area contributed by atoms with Gasteiger partial charge in [0, 0.05) is 21.8 Å². The second kappa shape index (κ2) is 12.1. The first-order chi connectivity index (χ1) is 21.4. The summed E-state index contributed by atoms with van der Waals surface area (Å²) in [6.07, 6.45) is 0. The molecule has 1 heterocycles. The van der Waals surface area contributed by atoms with Gasteiger partial charge in [0.05, 0.1) is 0 Å². The standard InChI is InChI=1S/C30H22.C12H9N/c1-4-13-23(14-5-1)26-19-10-11-20-29(26)30-27(24-15-6-2-7-16-24)21-12-22-28(30)25-17-8-3-9-18-25;1-3-7-11-9(5-1)10-6-2-4-8-12(10)13-11/h1-22H;1-8,13H. The van der Waals surface area contributed by atoms with Gasteiger partial charge in [0.15, 0.2) is 0 Å². The highest BCUT2D eigenvalue weighted by atomic mass is 14.7. The van der Waals surface area contributed by atoms with Crippen LogP contribution in [0.25, 0.3) is 66.3 Å². The lowest BCUT2D eigenvalue weighted by Crippen LogP contribution is -1.93. The summed E-state index contributed by atoms with van der Waals surface area (Å²) in [5, 5.41) is 2.61. The molecule has 204 valence electrons. The molecule has 0 aliphatic rings. The SMILES string of the molecule is c1ccc(-c2ccccc2-c2c(-c3ccccc3)cccc2-c2ccccc2)cc1.c1ccc2c(c1)[nH]c1ccccc12. The fraction of sp³-hybridized carbons (Fsp3) is 0. The van der Waals surface area contributed by atoms with Crippen molar-refractivity contribution in [2.24, 2.45) is 0 Å². The van der Waals surface area contributed by atoms with E-state index in [1.54, 1.807) is 0 Å². The third-order valence-electron chi connectivity index (χ3n) is 7.93. The van der Waals surface area contributed by atoms with Crippen molar-refractivity contribution in [2.45, 2.75) is 0 Å². The van der Waals surface area contributed by atoms with Gasteiger partial charge in [-0.2, -0.15) is 0 Å². The molecule has 8 rings (SSSR count). The number of H-pyrrole nitrogens is 1. The molecular formula is C42H31N. The van der Waals surface area contributed by atoms with Gasteiger partial charge >= 0.3 is 0 Å². The lowest BCUT2D eigenvalue weighted by molar-refractivity contribution is 1.54. The van der Waals surface area contributed by atoms with Crippen LogP contribution in [0.5, 0.6) is 0 Å². The van der Waals surface area contributed by atoms with Crippen LogP contribution in [0.15, 0.2) is 182 Å². The predicted octanol–water partition coefficient (Wildman–Crippen LogP) is 11.7. The third kappa shape index (κ3) is 5.37. The van der Waals surface area contributed by atoms with Crippen LogP contribution in [0.4, 0.5) is 0 Å². The summed E-state index contributed by atoms with van der Waals surface area (Å²) in [6.45, 7) is 0. The number of hydrogen-bond acceptors (Lipinski definition) is 0. The van der Waals surface area contributed by atoms with Gasteiger partial charge in [-0.15, -0.1) is 0 Å². The van der Waals surface area contributed by atoms with E-state index >= 15 is 0 Å². The maximum Gasteiger partial charge on any atom is 0.0464 e. The van der Waals surface area contributed by atoms with Crippen LogP contribution in [-0.2, 0) is 0 Å². The summed E-state index contributed by atoms with van der Waals surface area (Å²) < 4.78 is 0. The highest BCUT2D eigenvalue weighted by Gasteiger charge is 2.17. The lowest BCUT2D eigenvalue weighted by atomic mass is 9.84. The number of hydrogen-bond donors (Lipinski definition) is 1. The Labute approximate surface area is 252 Å². The molecule has 0 aliphatic carbocycles. The van der Waals surface area contributed by atoms with Gasteiger partial charge in [-0.1, -0.05) is 170 Å². The topological polar surface area (TPSA) is 15.8 Å². The summed E-state index contributed by atoms with van der Waals surface area (Å²) in [4.78, 5) is 3.38. The molecule has 1 nitrogen and oxygen atoms in total. The molecule has 1 aromatic heterocycles. The molecule has 8 aromatic rings. The maximum absolute atomic E-state index is 3.38. The fourth-order valence-corrected chi connectivity index (χ4v) is 5.93. The highest BCUT2D eigenvalue weighted by Crippen LogP contribution is 2.43. The van der Waals surface area contributed by atoms with Crippen LogP contribution < -0.4 is 0 Å². The molecule has 0 unspecified atom stereocenters. The van der Waals surface area contributed by atoms with E-state index in [4.69, 9.17) is 0 Å². The Morgan fingerprint density at radius 1 is 0.256 bits per heavy atom. The van der Waals surface area contributed by atoms with Crippen molar-refractivity contribution in [2.75, 3.05) is 0 Å². The molecule has 0 amide bonds. The third-order valence-corrected chi connectivity index (χ3v) is 7.93. The highest BCUT2D eigenvalue weighted by molar-refractivity contribution is 6.07. The smallest absolute Gasteiger partial charge is 0.0464 e. The summed E-state index contributed by atoms with van der Waals surface area (Å²) in [6, 6.07) is 64.1. The number of aromatic nitrogens is 1. The van der Waals surface area contributed by atoms with Crippen molar-refractivity contribution in [3.05, 3.63) is 182 Å². The van der Waals surface area contributed by atoms with E-state index in [0.29, 0.717) is 0 Å². The summed E-state index contributed by atoms with van der Waals surface area (Å²) in [7, 11) is 0. The van der Waals surface area contributed by atoms with Crippen LogP contribution in [0, 0.1) is 0 Å². The van der Waals surface area contributed by atoms with Gasteiger partial charge in [-0.3, -0.25) is 0 Å². The Morgan fingerprint density at radius 3 is 1.09 bits per heavy atom. The van der Waals surface area contributed by atoms with E-state index in [1.807, 2.05) is 0 Å². The van der Waals surface area contributed by atoms with Gasteiger partial charge in [0.1, 0.15) is 0 Å². The first-order valence-electron chi connectivity index (χ1n) is 14.7. The molecule has 0 atom stereocenters. The summed E-state index contributed by atoms with van der Waals surface area (Å²) in [5.41, 5.74) is 12.4. The molecule has 0 saturated heterocycles. The van der Waals surface area contributed by atoms with Crippen molar-refractivity contribution < 1.29 is 0 Å². The Morgan fingerprint density at radius 2 is 0.605 bits per heavy atom. The van der Waals surface area contributed by atoms with Gasteiger partial charge in [0.2, 0.25) is 0 Å². The number of benzene rings is 7. The average Bonchev–Trinajstić information content (AvgIpc) is 3.48. The maximum atomic E-state index is 3.38. The van der Waals surface area contributed by atoms with Crippen LogP contribution in [0.1, 0.15) is 0 Å². The van der Waals surface area contributed by atoms with Gasteiger partial charge < -0.3 is 4.98 Å². The Balaban J connectivity index is 0.000000191. The normalized spacial score (nSPS) is 10.8. The molecule has 0 aliphatic heterocycles. The number of nitrogens with one attached hydrogen (secondary N) is 1. The molecule has 0 fully saturated rings. The zero-order chi connectivity index (χ0) is 28.8. The molecule has 0 radical (unpaired) electrons. The number of para-hydroxylation sites is 2. The van der Waals surface area contributed by atoms with Crippen molar-refractivity contribution >= 4 is 21.8 Å². The number of aromatic amines is 1. The predicted molar refractivity (Wildman–Crippen MR) is 184 cm³/mol. The van der Waals surface area contributed by atoms with E-state index in [0.717, 1.165) is 0 Å². The van der Waals surface area contributed by atoms with Gasteiger partial charge in [-0.05, 0) is 56.6 Å². The molecule has 43 heavy (non-hydrogen) atoms. The van der Waals surface area contributed by atoms with Crippen molar-refractivity contribution in [1.82, 2.24) is 4.98 Å². The van der Waals surface area contributed by atoms with Crippen molar-refractivity contribution in [3.63, 3.8) is 0 Å². The van der Waals surface area contributed by atoms with E-state index in [9.17, 15) is 0 Å². The van der Waals surface area contributed by atoms with E-state index in [2.05, 4.69) is 187 Å². The zero-order valence-electron chi connectivity index (χ0n) is 23.8. The van der Waals surface area contributed by atoms with E-state index in [1.165, 1.54) is 66.3 Å². The second-order valence-electron chi connectivity index (χ2n) is 10.6. The molecule has 7 aromatic carbocycles. The minimum Gasteiger partial charge on any atom is -0.355 e. The molecular weight excluding hydrogens is 518 g/mol. The average molecular weight is 550 g/mol. The lowest BCUT2D eigenvalue weighted by Gasteiger charge is -2.19. The van der Waals surface area contributed by atoms with Crippen LogP contribution >= 0.6 is 0 Å². The fourth-order valence-electron chi connectivity index (χ4n) is 5.93. The summed E-state index contributed by atoms with van der Waals surface area (Å²) >= 11 is 0. The number of rotatable bonds is 4. The monoisotopic (exact) mass is 549 g/mol.